The van der Waals surface area contributed by atoms with Crippen molar-refractivity contribution in [3.05, 3.63) is 53.6 Å². The first kappa shape index (κ1) is 21.0. The number of halogens is 3. The van der Waals surface area contributed by atoms with E-state index in [4.69, 9.17) is 0 Å². The number of alkyl halides is 3. The molecule has 2 aromatic rings. The van der Waals surface area contributed by atoms with E-state index in [-0.39, 0.29) is 12.6 Å². The molecular weight excluding hydrogens is 417 g/mol. The van der Waals surface area contributed by atoms with Gasteiger partial charge in [-0.3, -0.25) is 4.31 Å². The van der Waals surface area contributed by atoms with E-state index in [2.05, 4.69) is 4.90 Å². The highest BCUT2D eigenvalue weighted by Crippen LogP contribution is 2.44. The first-order chi connectivity index (χ1) is 14.1. The van der Waals surface area contributed by atoms with Gasteiger partial charge in [0.1, 0.15) is 0 Å². The van der Waals surface area contributed by atoms with Crippen LogP contribution in [0.3, 0.4) is 0 Å². The zero-order chi connectivity index (χ0) is 21.7. The quantitative estimate of drug-likeness (QED) is 0.789. The Balaban J connectivity index is 1.84. The highest BCUT2D eigenvalue weighted by Gasteiger charge is 2.41. The number of piperidine rings is 1. The topological polar surface area (TPSA) is 60.9 Å². The number of aliphatic hydroxyl groups excluding tert-OH is 1. The Labute approximate surface area is 173 Å². The standard InChI is InChI=1S/C21H23F3N2O3S/c1-2-14-5-3-8-19-20(14)25-10-9-17(27)12-16(25)13-26(19)30(28,29)18-7-4-6-15(11-18)21(22,23)24/h3-8,11,16-17,27H,2,9-10,12-13H2,1H3. The summed E-state index contributed by atoms with van der Waals surface area (Å²) in [6, 6.07) is 9.00. The van der Waals surface area contributed by atoms with Crippen LogP contribution in [0.4, 0.5) is 24.5 Å². The van der Waals surface area contributed by atoms with Crippen LogP contribution < -0.4 is 9.21 Å². The van der Waals surface area contributed by atoms with E-state index in [0.29, 0.717) is 37.6 Å². The summed E-state index contributed by atoms with van der Waals surface area (Å²) < 4.78 is 67.6. The molecule has 0 aromatic heterocycles. The smallest absolute Gasteiger partial charge is 0.393 e. The van der Waals surface area contributed by atoms with E-state index >= 15 is 0 Å². The molecule has 5 nitrogen and oxygen atoms in total. The molecule has 1 N–H and O–H groups in total. The number of para-hydroxylation sites is 1. The maximum Gasteiger partial charge on any atom is 0.416 e. The summed E-state index contributed by atoms with van der Waals surface area (Å²) in [4.78, 5) is 1.74. The number of aryl methyl sites for hydroxylation is 1. The molecular formula is C21H23F3N2O3S. The second-order valence-corrected chi connectivity index (χ2v) is 9.59. The molecule has 1 saturated heterocycles. The van der Waals surface area contributed by atoms with Gasteiger partial charge < -0.3 is 10.0 Å². The molecule has 1 fully saturated rings. The van der Waals surface area contributed by atoms with Gasteiger partial charge in [-0.05, 0) is 49.1 Å². The molecule has 2 aliphatic rings. The number of aliphatic hydroxyl groups is 1. The molecule has 2 unspecified atom stereocenters. The van der Waals surface area contributed by atoms with Gasteiger partial charge in [0.05, 0.1) is 40.5 Å². The Morgan fingerprint density at radius 1 is 1.17 bits per heavy atom. The lowest BCUT2D eigenvalue weighted by atomic mass is 9.94. The Bertz CT molecular complexity index is 1060. The predicted octanol–water partition coefficient (Wildman–Crippen LogP) is 3.81. The fourth-order valence-corrected chi connectivity index (χ4v) is 5.93. The highest BCUT2D eigenvalue weighted by atomic mass is 32.2. The number of fused-ring (bicyclic) bond motifs is 3. The maximum atomic E-state index is 13.5. The highest BCUT2D eigenvalue weighted by molar-refractivity contribution is 7.92. The van der Waals surface area contributed by atoms with Crippen molar-refractivity contribution >= 4 is 21.4 Å². The largest absolute Gasteiger partial charge is 0.416 e. The monoisotopic (exact) mass is 440 g/mol. The van der Waals surface area contributed by atoms with Crippen molar-refractivity contribution in [2.75, 3.05) is 22.3 Å². The number of nitrogens with zero attached hydrogens (tertiary/aromatic N) is 2. The summed E-state index contributed by atoms with van der Waals surface area (Å²) in [5.41, 5.74) is 1.23. The number of sulfonamides is 1. The Morgan fingerprint density at radius 2 is 1.90 bits per heavy atom. The molecule has 0 radical (unpaired) electrons. The van der Waals surface area contributed by atoms with Gasteiger partial charge in [0, 0.05) is 6.54 Å². The van der Waals surface area contributed by atoms with Crippen LogP contribution in [0.1, 0.15) is 30.9 Å². The third-order valence-corrected chi connectivity index (χ3v) is 7.62. The van der Waals surface area contributed by atoms with Crippen molar-refractivity contribution in [2.24, 2.45) is 0 Å². The summed E-state index contributed by atoms with van der Waals surface area (Å²) >= 11 is 0. The molecule has 30 heavy (non-hydrogen) atoms. The number of anilines is 2. The number of benzene rings is 2. The van der Waals surface area contributed by atoms with Crippen molar-refractivity contribution in [3.63, 3.8) is 0 Å². The predicted molar refractivity (Wildman–Crippen MR) is 108 cm³/mol. The molecule has 2 heterocycles. The SMILES string of the molecule is CCc1cccc2c1N1CCC(O)CC1CN2S(=O)(=O)c1cccc(C(F)(F)F)c1. The molecule has 0 aliphatic carbocycles. The third kappa shape index (κ3) is 3.54. The Kier molecular flexibility index (Phi) is 5.22. The van der Waals surface area contributed by atoms with Crippen molar-refractivity contribution in [2.45, 2.75) is 49.4 Å². The molecule has 4 rings (SSSR count). The molecule has 0 amide bonds. The summed E-state index contributed by atoms with van der Waals surface area (Å²) in [7, 11) is -4.23. The molecule has 9 heteroatoms. The van der Waals surface area contributed by atoms with Crippen molar-refractivity contribution in [1.82, 2.24) is 0 Å². The van der Waals surface area contributed by atoms with Crippen LogP contribution in [-0.4, -0.2) is 38.8 Å². The van der Waals surface area contributed by atoms with E-state index in [0.717, 1.165) is 23.4 Å². The average Bonchev–Trinajstić information content (AvgIpc) is 2.71. The lowest BCUT2D eigenvalue weighted by Crippen LogP contribution is -2.55. The first-order valence-electron chi connectivity index (χ1n) is 9.89. The minimum absolute atomic E-state index is 0.0792. The summed E-state index contributed by atoms with van der Waals surface area (Å²) in [5.74, 6) is 0. The minimum Gasteiger partial charge on any atom is -0.393 e. The van der Waals surface area contributed by atoms with Crippen LogP contribution >= 0.6 is 0 Å². The maximum absolute atomic E-state index is 13.5. The van der Waals surface area contributed by atoms with Gasteiger partial charge in [-0.2, -0.15) is 13.2 Å². The zero-order valence-corrected chi connectivity index (χ0v) is 17.2. The van der Waals surface area contributed by atoms with E-state index in [1.165, 1.54) is 10.4 Å². The van der Waals surface area contributed by atoms with Crippen LogP contribution in [0.25, 0.3) is 0 Å². The van der Waals surface area contributed by atoms with Crippen molar-refractivity contribution < 1.29 is 26.7 Å². The minimum atomic E-state index is -4.63. The van der Waals surface area contributed by atoms with Crippen molar-refractivity contribution in [3.8, 4) is 0 Å². The first-order valence-corrected chi connectivity index (χ1v) is 11.3. The molecule has 2 atom stereocenters. The average molecular weight is 440 g/mol. The molecule has 2 aliphatic heterocycles. The summed E-state index contributed by atoms with van der Waals surface area (Å²) in [6.45, 7) is 2.66. The summed E-state index contributed by atoms with van der Waals surface area (Å²) in [6.07, 6.45) is -3.47. The van der Waals surface area contributed by atoms with Crippen LogP contribution in [0.5, 0.6) is 0 Å². The zero-order valence-electron chi connectivity index (χ0n) is 16.4. The third-order valence-electron chi connectivity index (χ3n) is 5.85. The van der Waals surface area contributed by atoms with Crippen LogP contribution in [0.15, 0.2) is 47.4 Å². The van der Waals surface area contributed by atoms with Crippen LogP contribution in [-0.2, 0) is 22.6 Å². The fraction of sp³-hybridized carbons (Fsp3) is 0.429. The second kappa shape index (κ2) is 7.46. The van der Waals surface area contributed by atoms with Gasteiger partial charge >= 0.3 is 6.18 Å². The van der Waals surface area contributed by atoms with Gasteiger partial charge in [-0.1, -0.05) is 25.1 Å². The van der Waals surface area contributed by atoms with Gasteiger partial charge in [0.25, 0.3) is 10.0 Å². The molecule has 162 valence electrons. The number of hydrogen-bond donors (Lipinski definition) is 1. The van der Waals surface area contributed by atoms with Crippen LogP contribution in [0.2, 0.25) is 0 Å². The molecule has 2 aromatic carbocycles. The van der Waals surface area contributed by atoms with E-state index in [1.54, 1.807) is 12.1 Å². The second-order valence-electron chi connectivity index (χ2n) is 7.73. The van der Waals surface area contributed by atoms with E-state index < -0.39 is 32.8 Å². The number of hydrogen-bond acceptors (Lipinski definition) is 4. The van der Waals surface area contributed by atoms with Gasteiger partial charge in [-0.15, -0.1) is 0 Å². The molecule has 0 bridgehead atoms. The fourth-order valence-electron chi connectivity index (χ4n) is 4.37. The van der Waals surface area contributed by atoms with Gasteiger partial charge in [0.2, 0.25) is 0 Å². The van der Waals surface area contributed by atoms with Crippen LogP contribution in [0, 0.1) is 0 Å². The summed E-state index contributed by atoms with van der Waals surface area (Å²) in [5, 5.41) is 10.1. The number of rotatable bonds is 3. The Hall–Kier alpha value is -2.26. The van der Waals surface area contributed by atoms with E-state index in [1.807, 2.05) is 13.0 Å². The normalized spacial score (nSPS) is 21.9. The lowest BCUT2D eigenvalue weighted by molar-refractivity contribution is -0.137. The Morgan fingerprint density at radius 3 is 2.60 bits per heavy atom. The van der Waals surface area contributed by atoms with E-state index in [9.17, 15) is 26.7 Å². The van der Waals surface area contributed by atoms with Gasteiger partial charge in [-0.25, -0.2) is 8.42 Å². The van der Waals surface area contributed by atoms with Crippen molar-refractivity contribution in [1.29, 1.82) is 0 Å². The molecule has 0 saturated carbocycles. The lowest BCUT2D eigenvalue weighted by Gasteiger charge is -2.48. The molecule has 0 spiro atoms. The van der Waals surface area contributed by atoms with Gasteiger partial charge in [0.15, 0.2) is 0 Å².